The Balaban J connectivity index is 2.35. The third-order valence-electron chi connectivity index (χ3n) is 3.42. The van der Waals surface area contributed by atoms with Gasteiger partial charge in [0.15, 0.2) is 0 Å². The number of carbonyl (C=O) groups is 2. The quantitative estimate of drug-likeness (QED) is 0.634. The van der Waals surface area contributed by atoms with Crippen LogP contribution in [0.15, 0.2) is 42.2 Å². The summed E-state index contributed by atoms with van der Waals surface area (Å²) in [5.74, 6) is -0.503. The van der Waals surface area contributed by atoms with Crippen LogP contribution in [0.2, 0.25) is 0 Å². The van der Waals surface area contributed by atoms with Crippen molar-refractivity contribution in [2.45, 2.75) is 45.3 Å². The normalized spacial score (nSPS) is 21.0. The Bertz CT molecular complexity index is 586. The Hall–Kier alpha value is -2.30. The van der Waals surface area contributed by atoms with Crippen LogP contribution in [0, 0.1) is 0 Å². The van der Waals surface area contributed by atoms with E-state index in [-0.39, 0.29) is 11.6 Å². The van der Waals surface area contributed by atoms with E-state index in [4.69, 9.17) is 4.74 Å². The summed E-state index contributed by atoms with van der Waals surface area (Å²) in [5, 5.41) is 9.19. The van der Waals surface area contributed by atoms with Crippen LogP contribution < -0.4 is 0 Å². The molecule has 0 aliphatic carbocycles. The molecule has 1 heterocycles. The molecular weight excluding hydrogens is 282 g/mol. The van der Waals surface area contributed by atoms with Crippen LogP contribution in [0.4, 0.5) is 4.79 Å². The second-order valence-corrected chi connectivity index (χ2v) is 6.27. The molecule has 118 valence electrons. The number of piperidine rings is 1. The molecule has 0 bridgehead atoms. The van der Waals surface area contributed by atoms with E-state index in [0.29, 0.717) is 12.8 Å². The van der Waals surface area contributed by atoms with E-state index in [1.165, 1.54) is 0 Å². The molecule has 2 rings (SSSR count). The standard InChI is InChI=1S/C17H21NO4/c1-17(2,3)22-16(21)18-14(12-7-5-4-6-8-12)10-9-13(11-19)15(18)20/h4-8,11,14,19H,9-10H2,1-3H3/b13-11+. The Morgan fingerprint density at radius 3 is 2.50 bits per heavy atom. The minimum atomic E-state index is -0.695. The van der Waals surface area contributed by atoms with E-state index in [2.05, 4.69) is 0 Å². The maximum absolute atomic E-state index is 12.5. The molecule has 1 atom stereocenters. The topological polar surface area (TPSA) is 66.8 Å². The highest BCUT2D eigenvalue weighted by atomic mass is 16.6. The molecule has 0 saturated carbocycles. The number of nitrogens with zero attached hydrogens (tertiary/aromatic N) is 1. The van der Waals surface area contributed by atoms with Crippen molar-refractivity contribution in [1.82, 2.24) is 4.90 Å². The van der Waals surface area contributed by atoms with E-state index in [1.807, 2.05) is 30.3 Å². The van der Waals surface area contributed by atoms with Crippen molar-refractivity contribution < 1.29 is 19.4 Å². The Kier molecular flexibility index (Phi) is 4.54. The number of rotatable bonds is 1. The zero-order valence-corrected chi connectivity index (χ0v) is 13.1. The van der Waals surface area contributed by atoms with Crippen LogP contribution in [0.25, 0.3) is 0 Å². The molecule has 5 nitrogen and oxygen atoms in total. The van der Waals surface area contributed by atoms with Gasteiger partial charge in [-0.3, -0.25) is 4.79 Å². The van der Waals surface area contributed by atoms with Gasteiger partial charge in [0.25, 0.3) is 5.91 Å². The van der Waals surface area contributed by atoms with Crippen molar-refractivity contribution in [2.75, 3.05) is 0 Å². The van der Waals surface area contributed by atoms with E-state index >= 15 is 0 Å². The number of benzene rings is 1. The van der Waals surface area contributed by atoms with Gasteiger partial charge in [-0.2, -0.15) is 0 Å². The third-order valence-corrected chi connectivity index (χ3v) is 3.42. The van der Waals surface area contributed by atoms with Crippen molar-refractivity contribution in [3.63, 3.8) is 0 Å². The molecule has 1 aromatic carbocycles. The number of amides is 2. The van der Waals surface area contributed by atoms with E-state index in [0.717, 1.165) is 16.7 Å². The molecule has 0 aromatic heterocycles. The predicted octanol–water partition coefficient (Wildman–Crippen LogP) is 3.73. The van der Waals surface area contributed by atoms with Gasteiger partial charge in [0.05, 0.1) is 17.9 Å². The summed E-state index contributed by atoms with van der Waals surface area (Å²) in [6, 6.07) is 8.98. The molecule has 0 spiro atoms. The van der Waals surface area contributed by atoms with Crippen LogP contribution in [0.5, 0.6) is 0 Å². The van der Waals surface area contributed by atoms with Crippen LogP contribution in [-0.4, -0.2) is 27.6 Å². The largest absolute Gasteiger partial charge is 0.515 e. The second-order valence-electron chi connectivity index (χ2n) is 6.27. The average Bonchev–Trinajstić information content (AvgIpc) is 2.45. The first-order valence-corrected chi connectivity index (χ1v) is 7.28. The highest BCUT2D eigenvalue weighted by molar-refractivity contribution is 6.03. The Morgan fingerprint density at radius 2 is 1.95 bits per heavy atom. The van der Waals surface area contributed by atoms with Gasteiger partial charge in [-0.1, -0.05) is 30.3 Å². The molecule has 22 heavy (non-hydrogen) atoms. The van der Waals surface area contributed by atoms with Gasteiger partial charge >= 0.3 is 6.09 Å². The molecule has 1 aliphatic rings. The van der Waals surface area contributed by atoms with Crippen LogP contribution >= 0.6 is 0 Å². The molecule has 1 N–H and O–H groups in total. The number of hydrogen-bond donors (Lipinski definition) is 1. The fourth-order valence-electron chi connectivity index (χ4n) is 2.46. The molecule has 1 aromatic rings. The lowest BCUT2D eigenvalue weighted by Gasteiger charge is -2.36. The van der Waals surface area contributed by atoms with Gasteiger partial charge in [0.1, 0.15) is 5.60 Å². The number of aliphatic hydroxyl groups is 1. The number of ether oxygens (including phenoxy) is 1. The van der Waals surface area contributed by atoms with Crippen LogP contribution in [-0.2, 0) is 9.53 Å². The average molecular weight is 303 g/mol. The molecule has 1 saturated heterocycles. The summed E-state index contributed by atoms with van der Waals surface area (Å²) in [6.45, 7) is 5.25. The number of hydrogen-bond acceptors (Lipinski definition) is 4. The number of imide groups is 1. The van der Waals surface area contributed by atoms with E-state index in [9.17, 15) is 14.7 Å². The van der Waals surface area contributed by atoms with Crippen molar-refractivity contribution in [3.8, 4) is 0 Å². The molecular formula is C17H21NO4. The van der Waals surface area contributed by atoms with Crippen molar-refractivity contribution in [2.24, 2.45) is 0 Å². The summed E-state index contributed by atoms with van der Waals surface area (Å²) in [4.78, 5) is 26.0. The van der Waals surface area contributed by atoms with Crippen LogP contribution in [0.3, 0.4) is 0 Å². The maximum Gasteiger partial charge on any atom is 0.417 e. The first-order valence-electron chi connectivity index (χ1n) is 7.28. The number of likely N-dealkylation sites (tertiary alicyclic amines) is 1. The van der Waals surface area contributed by atoms with Crippen molar-refractivity contribution in [3.05, 3.63) is 47.7 Å². The summed E-state index contributed by atoms with van der Waals surface area (Å²) < 4.78 is 5.35. The van der Waals surface area contributed by atoms with Gasteiger partial charge < -0.3 is 9.84 Å². The van der Waals surface area contributed by atoms with Gasteiger partial charge in [-0.25, -0.2) is 9.69 Å². The first kappa shape index (κ1) is 16.1. The fraction of sp³-hybridized carbons (Fsp3) is 0.412. The fourth-order valence-corrected chi connectivity index (χ4v) is 2.46. The van der Waals surface area contributed by atoms with Gasteiger partial charge in [0, 0.05) is 0 Å². The summed E-state index contributed by atoms with van der Waals surface area (Å²) in [7, 11) is 0. The van der Waals surface area contributed by atoms with Gasteiger partial charge in [-0.05, 0) is 39.2 Å². The maximum atomic E-state index is 12.5. The Labute approximate surface area is 130 Å². The zero-order chi connectivity index (χ0) is 16.3. The summed E-state index contributed by atoms with van der Waals surface area (Å²) >= 11 is 0. The summed E-state index contributed by atoms with van der Waals surface area (Å²) in [6.07, 6.45) is 1.07. The molecule has 0 radical (unpaired) electrons. The number of aliphatic hydroxyl groups excluding tert-OH is 1. The predicted molar refractivity (Wildman–Crippen MR) is 82.2 cm³/mol. The summed E-state index contributed by atoms with van der Waals surface area (Å²) in [5.41, 5.74) is 0.399. The lowest BCUT2D eigenvalue weighted by molar-refractivity contribution is -0.130. The molecule has 5 heteroatoms. The highest BCUT2D eigenvalue weighted by Crippen LogP contribution is 2.34. The van der Waals surface area contributed by atoms with E-state index in [1.54, 1.807) is 20.8 Å². The molecule has 2 amide bonds. The third kappa shape index (κ3) is 3.47. The molecule has 1 aliphatic heterocycles. The second kappa shape index (κ2) is 6.22. The minimum Gasteiger partial charge on any atom is -0.515 e. The lowest BCUT2D eigenvalue weighted by atomic mass is 9.93. The Morgan fingerprint density at radius 1 is 1.32 bits per heavy atom. The first-order chi connectivity index (χ1) is 10.3. The number of carbonyl (C=O) groups excluding carboxylic acids is 2. The monoisotopic (exact) mass is 303 g/mol. The SMILES string of the molecule is CC(C)(C)OC(=O)N1C(=O)/C(=C/O)CCC1c1ccccc1. The molecule has 1 unspecified atom stereocenters. The van der Waals surface area contributed by atoms with Gasteiger partial charge in [-0.15, -0.1) is 0 Å². The highest BCUT2D eigenvalue weighted by Gasteiger charge is 2.39. The van der Waals surface area contributed by atoms with Crippen molar-refractivity contribution >= 4 is 12.0 Å². The van der Waals surface area contributed by atoms with E-state index < -0.39 is 17.6 Å². The van der Waals surface area contributed by atoms with Crippen LogP contribution in [0.1, 0.15) is 45.2 Å². The lowest BCUT2D eigenvalue weighted by Crippen LogP contribution is -2.46. The van der Waals surface area contributed by atoms with Gasteiger partial charge in [0.2, 0.25) is 0 Å². The minimum absolute atomic E-state index is 0.220. The zero-order valence-electron chi connectivity index (χ0n) is 13.1. The smallest absolute Gasteiger partial charge is 0.417 e. The molecule has 1 fully saturated rings. The van der Waals surface area contributed by atoms with Crippen molar-refractivity contribution in [1.29, 1.82) is 0 Å².